The first-order chi connectivity index (χ1) is 10.2. The van der Waals surface area contributed by atoms with Crippen LogP contribution in [0.1, 0.15) is 42.3 Å². The lowest BCUT2D eigenvalue weighted by Crippen LogP contribution is -2.25. The number of nitrogens with two attached hydrogens (primary N) is 1. The van der Waals surface area contributed by atoms with Crippen molar-refractivity contribution in [2.75, 3.05) is 37.4 Å². The molecular weight excluding hydrogens is 288 g/mol. The normalized spacial score (nSPS) is 14.1. The average Bonchev–Trinajstić information content (AvgIpc) is 3.22. The summed E-state index contributed by atoms with van der Waals surface area (Å²) in [5, 5.41) is 6.70. The number of nitrogens with zero attached hydrogens (tertiary/aromatic N) is 1. The minimum atomic E-state index is -0.156. The van der Waals surface area contributed by atoms with Gasteiger partial charge >= 0.3 is 0 Å². The van der Waals surface area contributed by atoms with Crippen molar-refractivity contribution in [3.05, 3.63) is 4.88 Å². The summed E-state index contributed by atoms with van der Waals surface area (Å²) in [6.07, 6.45) is 4.42. The van der Waals surface area contributed by atoms with Crippen molar-refractivity contribution >= 4 is 28.2 Å². The van der Waals surface area contributed by atoms with Crippen LogP contribution in [0.25, 0.3) is 0 Å². The Morgan fingerprint density at radius 3 is 3.00 bits per heavy atom. The van der Waals surface area contributed by atoms with Crippen molar-refractivity contribution in [2.24, 2.45) is 5.92 Å². The molecule has 118 valence electrons. The summed E-state index contributed by atoms with van der Waals surface area (Å²) < 4.78 is 5.52. The molecule has 0 unspecified atom stereocenters. The molecular formula is C14H24N4O2S. The van der Waals surface area contributed by atoms with E-state index < -0.39 is 0 Å². The SMILES string of the molecule is CCCNc1nc(N)c(C(=O)NCCCOCC2CC2)s1. The number of nitrogens with one attached hydrogen (secondary N) is 2. The molecule has 1 saturated carbocycles. The highest BCUT2D eigenvalue weighted by atomic mass is 32.1. The molecule has 1 aliphatic carbocycles. The van der Waals surface area contributed by atoms with Crippen LogP contribution < -0.4 is 16.4 Å². The summed E-state index contributed by atoms with van der Waals surface area (Å²) in [5.41, 5.74) is 5.78. The van der Waals surface area contributed by atoms with E-state index in [1.54, 1.807) is 0 Å². The zero-order chi connectivity index (χ0) is 15.1. The van der Waals surface area contributed by atoms with E-state index in [9.17, 15) is 4.79 Å². The molecule has 1 amide bonds. The van der Waals surface area contributed by atoms with Gasteiger partial charge in [-0.25, -0.2) is 4.98 Å². The maximum Gasteiger partial charge on any atom is 0.265 e. The maximum absolute atomic E-state index is 12.0. The van der Waals surface area contributed by atoms with Crippen LogP contribution in [0.2, 0.25) is 0 Å². The van der Waals surface area contributed by atoms with Gasteiger partial charge in [-0.1, -0.05) is 18.3 Å². The van der Waals surface area contributed by atoms with Gasteiger partial charge in [-0.2, -0.15) is 0 Å². The molecule has 0 bridgehead atoms. The van der Waals surface area contributed by atoms with Crippen molar-refractivity contribution in [1.82, 2.24) is 10.3 Å². The van der Waals surface area contributed by atoms with E-state index >= 15 is 0 Å². The molecule has 0 spiro atoms. The molecule has 21 heavy (non-hydrogen) atoms. The largest absolute Gasteiger partial charge is 0.382 e. The number of rotatable bonds is 10. The first-order valence-corrected chi connectivity index (χ1v) is 8.38. The van der Waals surface area contributed by atoms with Crippen molar-refractivity contribution < 1.29 is 9.53 Å². The Hall–Kier alpha value is -1.34. The Balaban J connectivity index is 1.65. The van der Waals surface area contributed by atoms with E-state index in [0.29, 0.717) is 29.0 Å². The topological polar surface area (TPSA) is 89.3 Å². The number of carbonyl (C=O) groups excluding carboxylic acids is 1. The molecule has 7 heteroatoms. The summed E-state index contributed by atoms with van der Waals surface area (Å²) >= 11 is 1.30. The Bertz CT molecular complexity index is 460. The Morgan fingerprint density at radius 2 is 2.29 bits per heavy atom. The molecule has 1 aromatic rings. The van der Waals surface area contributed by atoms with Crippen LogP contribution in [0.4, 0.5) is 10.9 Å². The quantitative estimate of drug-likeness (QED) is 0.576. The second-order valence-corrected chi connectivity index (χ2v) is 6.29. The van der Waals surface area contributed by atoms with Crippen molar-refractivity contribution in [1.29, 1.82) is 0 Å². The Kier molecular flexibility index (Phi) is 6.25. The number of ether oxygens (including phenoxy) is 1. The van der Waals surface area contributed by atoms with Crippen LogP contribution in [-0.4, -0.2) is 37.2 Å². The molecule has 1 heterocycles. The van der Waals surface area contributed by atoms with Crippen molar-refractivity contribution in [3.63, 3.8) is 0 Å². The van der Waals surface area contributed by atoms with Gasteiger partial charge in [-0.3, -0.25) is 4.79 Å². The first kappa shape index (κ1) is 16.0. The van der Waals surface area contributed by atoms with Crippen molar-refractivity contribution in [2.45, 2.75) is 32.6 Å². The van der Waals surface area contributed by atoms with Gasteiger partial charge in [0.05, 0.1) is 0 Å². The minimum Gasteiger partial charge on any atom is -0.382 e. The number of hydrogen-bond acceptors (Lipinski definition) is 6. The second kappa shape index (κ2) is 8.19. The third-order valence-corrected chi connectivity index (χ3v) is 4.21. The van der Waals surface area contributed by atoms with E-state index in [0.717, 1.165) is 31.9 Å². The van der Waals surface area contributed by atoms with Crippen LogP contribution in [0.5, 0.6) is 0 Å². The fourth-order valence-electron chi connectivity index (χ4n) is 1.79. The van der Waals surface area contributed by atoms with Gasteiger partial charge in [0.2, 0.25) is 0 Å². The monoisotopic (exact) mass is 312 g/mol. The molecule has 0 saturated heterocycles. The molecule has 1 aliphatic rings. The summed E-state index contributed by atoms with van der Waals surface area (Å²) in [4.78, 5) is 16.6. The van der Waals surface area contributed by atoms with Gasteiger partial charge in [-0.05, 0) is 31.6 Å². The number of carbonyl (C=O) groups is 1. The Labute approximate surface area is 129 Å². The molecule has 0 atom stereocenters. The second-order valence-electron chi connectivity index (χ2n) is 5.29. The molecule has 6 nitrogen and oxygen atoms in total. The lowest BCUT2D eigenvalue weighted by molar-refractivity contribution is 0.0942. The van der Waals surface area contributed by atoms with Gasteiger partial charge in [0.15, 0.2) is 5.13 Å². The predicted octanol–water partition coefficient (Wildman–Crippen LogP) is 2.09. The highest BCUT2D eigenvalue weighted by Crippen LogP contribution is 2.28. The zero-order valence-electron chi connectivity index (χ0n) is 12.5. The number of nitrogen functional groups attached to an aromatic ring is 1. The minimum absolute atomic E-state index is 0.156. The lowest BCUT2D eigenvalue weighted by Gasteiger charge is -2.05. The predicted molar refractivity (Wildman–Crippen MR) is 85.8 cm³/mol. The maximum atomic E-state index is 12.0. The Morgan fingerprint density at radius 1 is 1.48 bits per heavy atom. The number of hydrogen-bond donors (Lipinski definition) is 3. The van der Waals surface area contributed by atoms with Gasteiger partial charge in [0.1, 0.15) is 10.7 Å². The highest BCUT2D eigenvalue weighted by molar-refractivity contribution is 7.18. The number of thiazole rings is 1. The van der Waals surface area contributed by atoms with Gasteiger partial charge in [0, 0.05) is 26.3 Å². The molecule has 4 N–H and O–H groups in total. The van der Waals surface area contributed by atoms with Gasteiger partial charge in [-0.15, -0.1) is 0 Å². The third kappa shape index (κ3) is 5.51. The number of anilines is 2. The molecule has 0 radical (unpaired) electrons. The molecule has 1 fully saturated rings. The van der Waals surface area contributed by atoms with Crippen molar-refractivity contribution in [3.8, 4) is 0 Å². The van der Waals surface area contributed by atoms with Crippen LogP contribution in [0.15, 0.2) is 0 Å². The van der Waals surface area contributed by atoms with Crippen LogP contribution >= 0.6 is 11.3 Å². The summed E-state index contributed by atoms with van der Waals surface area (Å²) in [6, 6.07) is 0. The van der Waals surface area contributed by atoms with E-state index in [4.69, 9.17) is 10.5 Å². The molecule has 2 rings (SSSR count). The number of aromatic nitrogens is 1. The summed E-state index contributed by atoms with van der Waals surface area (Å²) in [5.74, 6) is 0.920. The zero-order valence-corrected chi connectivity index (χ0v) is 13.3. The van der Waals surface area contributed by atoms with Gasteiger partial charge in [0.25, 0.3) is 5.91 Å². The van der Waals surface area contributed by atoms with E-state index in [2.05, 4.69) is 22.5 Å². The highest BCUT2D eigenvalue weighted by Gasteiger charge is 2.21. The third-order valence-electron chi connectivity index (χ3n) is 3.19. The number of amides is 1. The van der Waals surface area contributed by atoms with E-state index in [1.807, 2.05) is 0 Å². The fraction of sp³-hybridized carbons (Fsp3) is 0.714. The van der Waals surface area contributed by atoms with Crippen LogP contribution in [0.3, 0.4) is 0 Å². The summed E-state index contributed by atoms with van der Waals surface area (Å²) in [7, 11) is 0. The molecule has 1 aromatic heterocycles. The van der Waals surface area contributed by atoms with Crippen LogP contribution in [0, 0.1) is 5.92 Å². The van der Waals surface area contributed by atoms with Crippen LogP contribution in [-0.2, 0) is 4.74 Å². The summed E-state index contributed by atoms with van der Waals surface area (Å²) in [6.45, 7) is 5.05. The molecule has 0 aromatic carbocycles. The smallest absolute Gasteiger partial charge is 0.265 e. The lowest BCUT2D eigenvalue weighted by atomic mass is 10.4. The fourth-order valence-corrected chi connectivity index (χ4v) is 2.62. The first-order valence-electron chi connectivity index (χ1n) is 7.56. The average molecular weight is 312 g/mol. The van der Waals surface area contributed by atoms with E-state index in [1.165, 1.54) is 24.2 Å². The standard InChI is InChI=1S/C14H24N4O2S/c1-2-6-17-14-18-12(15)11(21-14)13(19)16-7-3-8-20-9-10-4-5-10/h10H,2-9,15H2,1H3,(H,16,19)(H,17,18). The molecule has 0 aliphatic heterocycles. The van der Waals surface area contributed by atoms with E-state index in [-0.39, 0.29) is 5.91 Å². The van der Waals surface area contributed by atoms with Gasteiger partial charge < -0.3 is 21.1 Å².